The number of aromatic nitrogens is 4. The Morgan fingerprint density at radius 2 is 0.860 bits per heavy atom. The van der Waals surface area contributed by atoms with Crippen LogP contribution in [0.3, 0.4) is 0 Å². The zero-order chi connectivity index (χ0) is 33.0. The van der Waals surface area contributed by atoms with Gasteiger partial charge in [-0.3, -0.25) is 0 Å². The molecule has 0 aliphatic carbocycles. The lowest BCUT2D eigenvalue weighted by Crippen LogP contribution is -2.00. The fourth-order valence-electron chi connectivity index (χ4n) is 7.44. The van der Waals surface area contributed by atoms with Crippen molar-refractivity contribution < 1.29 is 0 Å². The Morgan fingerprint density at radius 1 is 0.340 bits per heavy atom. The third-order valence-corrected chi connectivity index (χ3v) is 9.73. The Balaban J connectivity index is 1.24. The van der Waals surface area contributed by atoms with Crippen molar-refractivity contribution in [3.05, 3.63) is 182 Å². The molecule has 0 aliphatic rings. The molecule has 234 valence electrons. The van der Waals surface area contributed by atoms with Gasteiger partial charge in [0.15, 0.2) is 5.82 Å². The van der Waals surface area contributed by atoms with Crippen LogP contribution in [0.4, 0.5) is 0 Å². The smallest absolute Gasteiger partial charge is 0.160 e. The van der Waals surface area contributed by atoms with Gasteiger partial charge >= 0.3 is 0 Å². The summed E-state index contributed by atoms with van der Waals surface area (Å²) < 4.78 is 4.69. The molecule has 3 heterocycles. The van der Waals surface area contributed by atoms with Gasteiger partial charge < -0.3 is 9.13 Å². The molecule has 4 heteroatoms. The standard InChI is InChI=1S/C46H30N4/c1-4-14-31(15-5-1)32-24-27-36(28-25-32)49-40-22-12-10-20-37(40)39-30-34(26-29-42(39)49)43-45-44(48-46(47-43)33-16-6-2-7-17-33)38-21-11-13-23-41(38)50(45)35-18-8-3-9-19-35/h1-30H. The van der Waals surface area contributed by atoms with Crippen LogP contribution < -0.4 is 0 Å². The third-order valence-electron chi connectivity index (χ3n) is 9.73. The highest BCUT2D eigenvalue weighted by molar-refractivity contribution is 6.14. The SMILES string of the molecule is c1ccc(-c2ccc(-n3c4ccccc4c4cc(-c5nc(-c6ccccc6)nc6c7ccccc7n(-c7ccccc7)c56)ccc43)cc2)cc1. The molecule has 0 N–H and O–H groups in total. The number of hydrogen-bond acceptors (Lipinski definition) is 2. The maximum atomic E-state index is 5.37. The summed E-state index contributed by atoms with van der Waals surface area (Å²) in [5.74, 6) is 0.713. The number of benzene rings is 7. The van der Waals surface area contributed by atoms with Gasteiger partial charge in [0.25, 0.3) is 0 Å². The molecule has 0 aliphatic heterocycles. The van der Waals surface area contributed by atoms with Gasteiger partial charge in [-0.1, -0.05) is 133 Å². The van der Waals surface area contributed by atoms with Gasteiger partial charge in [-0.05, 0) is 59.7 Å². The van der Waals surface area contributed by atoms with Crippen molar-refractivity contribution in [1.29, 1.82) is 0 Å². The molecule has 4 nitrogen and oxygen atoms in total. The van der Waals surface area contributed by atoms with E-state index in [2.05, 4.69) is 173 Å². The summed E-state index contributed by atoms with van der Waals surface area (Å²) >= 11 is 0. The van der Waals surface area contributed by atoms with E-state index in [1.807, 2.05) is 18.2 Å². The molecule has 0 saturated carbocycles. The molecule has 0 spiro atoms. The van der Waals surface area contributed by atoms with Crippen molar-refractivity contribution in [1.82, 2.24) is 19.1 Å². The zero-order valence-corrected chi connectivity index (χ0v) is 27.1. The van der Waals surface area contributed by atoms with Crippen molar-refractivity contribution in [3.8, 4) is 45.1 Å². The maximum Gasteiger partial charge on any atom is 0.160 e. The number of nitrogens with zero attached hydrogens (tertiary/aromatic N) is 4. The summed E-state index contributed by atoms with van der Waals surface area (Å²) in [6, 6.07) is 64.2. The number of fused-ring (bicyclic) bond motifs is 6. The quantitative estimate of drug-likeness (QED) is 0.188. The molecule has 0 bridgehead atoms. The zero-order valence-electron chi connectivity index (χ0n) is 27.1. The lowest BCUT2D eigenvalue weighted by molar-refractivity contribution is 1.15. The van der Waals surface area contributed by atoms with Crippen molar-refractivity contribution in [2.24, 2.45) is 0 Å². The molecule has 0 atom stereocenters. The van der Waals surface area contributed by atoms with Crippen LogP contribution in [0.1, 0.15) is 0 Å². The largest absolute Gasteiger partial charge is 0.309 e. The molecule has 10 rings (SSSR count). The second kappa shape index (κ2) is 11.4. The normalized spacial score (nSPS) is 11.6. The van der Waals surface area contributed by atoms with E-state index in [4.69, 9.17) is 9.97 Å². The van der Waals surface area contributed by atoms with Gasteiger partial charge in [0, 0.05) is 38.7 Å². The first-order chi connectivity index (χ1) is 24.8. The third kappa shape index (κ3) is 4.46. The van der Waals surface area contributed by atoms with Crippen molar-refractivity contribution in [3.63, 3.8) is 0 Å². The Labute approximate surface area is 289 Å². The fourth-order valence-corrected chi connectivity index (χ4v) is 7.44. The topological polar surface area (TPSA) is 35.6 Å². The van der Waals surface area contributed by atoms with E-state index in [1.165, 1.54) is 27.4 Å². The lowest BCUT2D eigenvalue weighted by atomic mass is 10.0. The molecule has 3 aromatic heterocycles. The molecule has 0 saturated heterocycles. The van der Waals surface area contributed by atoms with E-state index in [0.717, 1.165) is 55.6 Å². The maximum absolute atomic E-state index is 5.37. The van der Waals surface area contributed by atoms with E-state index in [9.17, 15) is 0 Å². The molecule has 0 amide bonds. The molecule has 7 aromatic carbocycles. The van der Waals surface area contributed by atoms with Gasteiger partial charge in [-0.2, -0.15) is 0 Å². The van der Waals surface area contributed by atoms with Crippen LogP contribution >= 0.6 is 0 Å². The van der Waals surface area contributed by atoms with Crippen LogP contribution in [-0.4, -0.2) is 19.1 Å². The molecule has 50 heavy (non-hydrogen) atoms. The summed E-state index contributed by atoms with van der Waals surface area (Å²) in [5.41, 5.74) is 12.9. The van der Waals surface area contributed by atoms with Crippen molar-refractivity contribution >= 4 is 43.7 Å². The second-order valence-electron chi connectivity index (χ2n) is 12.6. The van der Waals surface area contributed by atoms with E-state index in [-0.39, 0.29) is 0 Å². The summed E-state index contributed by atoms with van der Waals surface area (Å²) in [5, 5.41) is 3.48. The highest BCUT2D eigenvalue weighted by Crippen LogP contribution is 2.40. The fraction of sp³-hybridized carbons (Fsp3) is 0. The van der Waals surface area contributed by atoms with Crippen LogP contribution in [0.25, 0.3) is 88.9 Å². The van der Waals surface area contributed by atoms with Crippen molar-refractivity contribution in [2.75, 3.05) is 0 Å². The van der Waals surface area contributed by atoms with Gasteiger partial charge in [0.2, 0.25) is 0 Å². The van der Waals surface area contributed by atoms with Crippen LogP contribution in [-0.2, 0) is 0 Å². The van der Waals surface area contributed by atoms with E-state index >= 15 is 0 Å². The highest BCUT2D eigenvalue weighted by Gasteiger charge is 2.22. The van der Waals surface area contributed by atoms with Gasteiger partial charge in [0.1, 0.15) is 5.52 Å². The number of para-hydroxylation sites is 3. The molecular weight excluding hydrogens is 609 g/mol. The molecule has 0 unspecified atom stereocenters. The molecule has 0 radical (unpaired) electrons. The van der Waals surface area contributed by atoms with Crippen molar-refractivity contribution in [2.45, 2.75) is 0 Å². The summed E-state index contributed by atoms with van der Waals surface area (Å²) in [6.07, 6.45) is 0. The molecular formula is C46H30N4. The minimum atomic E-state index is 0.713. The number of hydrogen-bond donors (Lipinski definition) is 0. The molecule has 10 aromatic rings. The van der Waals surface area contributed by atoms with Gasteiger partial charge in [-0.25, -0.2) is 9.97 Å². The Kier molecular flexibility index (Phi) is 6.46. The summed E-state index contributed by atoms with van der Waals surface area (Å²) in [7, 11) is 0. The van der Waals surface area contributed by atoms with Crippen LogP contribution in [0.2, 0.25) is 0 Å². The predicted octanol–water partition coefficient (Wildman–Crippen LogP) is 11.7. The summed E-state index contributed by atoms with van der Waals surface area (Å²) in [6.45, 7) is 0. The Hall–Kier alpha value is -6.78. The second-order valence-corrected chi connectivity index (χ2v) is 12.6. The summed E-state index contributed by atoms with van der Waals surface area (Å²) in [4.78, 5) is 10.6. The average Bonchev–Trinajstić information content (AvgIpc) is 3.71. The van der Waals surface area contributed by atoms with E-state index in [1.54, 1.807) is 0 Å². The Bertz CT molecular complexity index is 2830. The highest BCUT2D eigenvalue weighted by atomic mass is 15.0. The number of rotatable bonds is 5. The minimum absolute atomic E-state index is 0.713. The van der Waals surface area contributed by atoms with Crippen LogP contribution in [0, 0.1) is 0 Å². The minimum Gasteiger partial charge on any atom is -0.309 e. The lowest BCUT2D eigenvalue weighted by Gasteiger charge is -2.13. The Morgan fingerprint density at radius 3 is 1.58 bits per heavy atom. The predicted molar refractivity (Wildman–Crippen MR) is 207 cm³/mol. The van der Waals surface area contributed by atoms with E-state index in [0.29, 0.717) is 5.82 Å². The average molecular weight is 639 g/mol. The monoisotopic (exact) mass is 638 g/mol. The van der Waals surface area contributed by atoms with Crippen LogP contribution in [0.15, 0.2) is 182 Å². The first-order valence-electron chi connectivity index (χ1n) is 16.9. The molecule has 0 fully saturated rings. The van der Waals surface area contributed by atoms with Gasteiger partial charge in [0.05, 0.1) is 27.8 Å². The van der Waals surface area contributed by atoms with Crippen LogP contribution in [0.5, 0.6) is 0 Å². The van der Waals surface area contributed by atoms with Gasteiger partial charge in [-0.15, -0.1) is 0 Å². The van der Waals surface area contributed by atoms with E-state index < -0.39 is 0 Å². The first kappa shape index (κ1) is 28.3. The first-order valence-corrected chi connectivity index (χ1v) is 16.9.